The summed E-state index contributed by atoms with van der Waals surface area (Å²) < 4.78 is 10.1. The zero-order chi connectivity index (χ0) is 20.8. The minimum atomic E-state index is -0.672. The van der Waals surface area contributed by atoms with Gasteiger partial charge in [-0.2, -0.15) is 0 Å². The Morgan fingerprint density at radius 3 is 2.21 bits per heavy atom. The van der Waals surface area contributed by atoms with E-state index < -0.39 is 24.3 Å². The maximum atomic E-state index is 12.4. The monoisotopic (exact) mass is 386 g/mol. The topological polar surface area (TPSA) is 115 Å². The number of amides is 1. The van der Waals surface area contributed by atoms with Crippen LogP contribution in [0.5, 0.6) is 0 Å². The number of carbonyl (C=O) groups is 4. The largest absolute Gasteiger partial charge is 0.462 e. The van der Waals surface area contributed by atoms with Crippen molar-refractivity contribution in [3.05, 3.63) is 52.3 Å². The first-order valence-corrected chi connectivity index (χ1v) is 8.68. The van der Waals surface area contributed by atoms with Crippen molar-refractivity contribution in [2.45, 2.75) is 27.7 Å². The summed E-state index contributed by atoms with van der Waals surface area (Å²) in [5.41, 5.74) is 2.27. The van der Waals surface area contributed by atoms with Gasteiger partial charge in [0.05, 0.1) is 23.4 Å². The third-order valence-corrected chi connectivity index (χ3v) is 3.97. The Labute approximate surface area is 162 Å². The quantitative estimate of drug-likeness (QED) is 0.559. The van der Waals surface area contributed by atoms with Crippen molar-refractivity contribution in [2.24, 2.45) is 0 Å². The summed E-state index contributed by atoms with van der Waals surface area (Å²) >= 11 is 0. The van der Waals surface area contributed by atoms with E-state index in [4.69, 9.17) is 9.47 Å². The standard InChI is InChI=1S/C20H22N2O6/c1-5-27-20(26)17-11(2)18(21-12(17)3)16(24)10-28-19(25)14-6-8-15(9-7-14)22-13(4)23/h6-9,21H,5,10H2,1-4H3,(H,22,23). The van der Waals surface area contributed by atoms with Crippen LogP contribution >= 0.6 is 0 Å². The molecule has 1 amide bonds. The van der Waals surface area contributed by atoms with Crippen molar-refractivity contribution in [1.82, 2.24) is 4.98 Å². The van der Waals surface area contributed by atoms with Gasteiger partial charge in [-0.3, -0.25) is 9.59 Å². The molecule has 0 saturated heterocycles. The molecular formula is C20H22N2O6. The Kier molecular flexibility index (Phi) is 6.70. The number of ketones is 1. The fraction of sp³-hybridized carbons (Fsp3) is 0.300. The lowest BCUT2D eigenvalue weighted by Crippen LogP contribution is -2.16. The van der Waals surface area contributed by atoms with E-state index in [2.05, 4.69) is 10.3 Å². The zero-order valence-corrected chi connectivity index (χ0v) is 16.2. The minimum absolute atomic E-state index is 0.203. The molecule has 2 aromatic rings. The molecule has 1 aromatic carbocycles. The SMILES string of the molecule is CCOC(=O)c1c(C)[nH]c(C(=O)COC(=O)c2ccc(NC(C)=O)cc2)c1C. The summed E-state index contributed by atoms with van der Waals surface area (Å²) in [7, 11) is 0. The zero-order valence-electron chi connectivity index (χ0n) is 16.2. The fourth-order valence-electron chi connectivity index (χ4n) is 2.72. The Bertz CT molecular complexity index is 912. The molecule has 8 nitrogen and oxygen atoms in total. The van der Waals surface area contributed by atoms with E-state index >= 15 is 0 Å². The van der Waals surface area contributed by atoms with Gasteiger partial charge in [0.1, 0.15) is 0 Å². The summed E-state index contributed by atoms with van der Waals surface area (Å²) in [4.78, 5) is 50.4. The number of ether oxygens (including phenoxy) is 2. The number of aromatic nitrogens is 1. The van der Waals surface area contributed by atoms with Gasteiger partial charge in [0.25, 0.3) is 0 Å². The molecule has 0 bridgehead atoms. The van der Waals surface area contributed by atoms with Crippen LogP contribution in [0.2, 0.25) is 0 Å². The normalized spacial score (nSPS) is 10.3. The number of rotatable bonds is 7. The molecule has 2 rings (SSSR count). The van der Waals surface area contributed by atoms with Crippen LogP contribution in [-0.2, 0) is 14.3 Å². The Morgan fingerprint density at radius 1 is 1.00 bits per heavy atom. The molecule has 0 aliphatic rings. The number of hydrogen-bond acceptors (Lipinski definition) is 6. The Balaban J connectivity index is 2.04. The van der Waals surface area contributed by atoms with Gasteiger partial charge < -0.3 is 19.8 Å². The van der Waals surface area contributed by atoms with Gasteiger partial charge in [-0.05, 0) is 50.6 Å². The molecule has 148 valence electrons. The number of H-pyrrole nitrogens is 1. The number of carbonyl (C=O) groups excluding carboxylic acids is 4. The maximum absolute atomic E-state index is 12.4. The van der Waals surface area contributed by atoms with Crippen molar-refractivity contribution >= 4 is 29.3 Å². The van der Waals surface area contributed by atoms with Gasteiger partial charge in [0.15, 0.2) is 6.61 Å². The molecule has 0 atom stereocenters. The summed E-state index contributed by atoms with van der Waals surface area (Å²) in [6.07, 6.45) is 0. The number of hydrogen-bond donors (Lipinski definition) is 2. The number of nitrogens with one attached hydrogen (secondary N) is 2. The maximum Gasteiger partial charge on any atom is 0.340 e. The van der Waals surface area contributed by atoms with Crippen molar-refractivity contribution < 1.29 is 28.7 Å². The van der Waals surface area contributed by atoms with Crippen LogP contribution in [0.1, 0.15) is 56.3 Å². The molecule has 0 saturated carbocycles. The lowest BCUT2D eigenvalue weighted by molar-refractivity contribution is -0.114. The molecule has 0 aliphatic heterocycles. The van der Waals surface area contributed by atoms with Crippen LogP contribution in [0.25, 0.3) is 0 Å². The smallest absolute Gasteiger partial charge is 0.340 e. The van der Waals surface area contributed by atoms with Crippen LogP contribution in [0, 0.1) is 13.8 Å². The van der Waals surface area contributed by atoms with Gasteiger partial charge in [-0.25, -0.2) is 9.59 Å². The van der Waals surface area contributed by atoms with Gasteiger partial charge in [0, 0.05) is 18.3 Å². The van der Waals surface area contributed by atoms with Crippen molar-refractivity contribution in [3.63, 3.8) is 0 Å². The Hall–Kier alpha value is -3.42. The molecule has 0 unspecified atom stereocenters. The number of anilines is 1. The molecule has 2 N–H and O–H groups in total. The third-order valence-electron chi connectivity index (χ3n) is 3.97. The van der Waals surface area contributed by atoms with E-state index in [1.54, 1.807) is 32.9 Å². The summed E-state index contributed by atoms with van der Waals surface area (Å²) in [6.45, 7) is 6.12. The second-order valence-electron chi connectivity index (χ2n) is 6.10. The summed E-state index contributed by atoms with van der Waals surface area (Å²) in [5, 5.41) is 2.59. The first kappa shape index (κ1) is 20.9. The van der Waals surface area contributed by atoms with E-state index in [1.165, 1.54) is 19.1 Å². The number of aromatic amines is 1. The average Bonchev–Trinajstić information content (AvgIpc) is 2.94. The number of Topliss-reactive ketones (excluding diaryl/α,β-unsaturated/α-hetero) is 1. The highest BCUT2D eigenvalue weighted by atomic mass is 16.5. The van der Waals surface area contributed by atoms with Crippen molar-refractivity contribution in [3.8, 4) is 0 Å². The van der Waals surface area contributed by atoms with Gasteiger partial charge >= 0.3 is 11.9 Å². The van der Waals surface area contributed by atoms with E-state index in [0.717, 1.165) is 0 Å². The van der Waals surface area contributed by atoms with Crippen LogP contribution in [0.4, 0.5) is 5.69 Å². The highest BCUT2D eigenvalue weighted by molar-refractivity contribution is 6.03. The second kappa shape index (κ2) is 8.98. The lowest BCUT2D eigenvalue weighted by atomic mass is 10.1. The Morgan fingerprint density at radius 2 is 1.64 bits per heavy atom. The molecule has 0 spiro atoms. The molecule has 1 heterocycles. The van der Waals surface area contributed by atoms with Crippen LogP contribution in [0.3, 0.4) is 0 Å². The molecule has 0 fully saturated rings. The number of aryl methyl sites for hydroxylation is 1. The first-order chi connectivity index (χ1) is 13.2. The fourth-order valence-corrected chi connectivity index (χ4v) is 2.72. The lowest BCUT2D eigenvalue weighted by Gasteiger charge is -2.06. The van der Waals surface area contributed by atoms with E-state index in [-0.39, 0.29) is 23.8 Å². The number of benzene rings is 1. The molecule has 0 radical (unpaired) electrons. The van der Waals surface area contributed by atoms with Gasteiger partial charge in [-0.15, -0.1) is 0 Å². The predicted octanol–water partition coefficient (Wildman–Crippen LogP) is 2.81. The first-order valence-electron chi connectivity index (χ1n) is 8.68. The molecule has 1 aromatic heterocycles. The number of esters is 2. The molecule has 8 heteroatoms. The molecule has 28 heavy (non-hydrogen) atoms. The van der Waals surface area contributed by atoms with Crippen LogP contribution in [0.15, 0.2) is 24.3 Å². The average molecular weight is 386 g/mol. The van der Waals surface area contributed by atoms with E-state index in [0.29, 0.717) is 22.5 Å². The van der Waals surface area contributed by atoms with E-state index in [1.807, 2.05) is 0 Å². The predicted molar refractivity (Wildman–Crippen MR) is 102 cm³/mol. The summed E-state index contributed by atoms with van der Waals surface area (Å²) in [6, 6.07) is 6.09. The van der Waals surface area contributed by atoms with Gasteiger partial charge in [0.2, 0.25) is 11.7 Å². The molecular weight excluding hydrogens is 364 g/mol. The highest BCUT2D eigenvalue weighted by Gasteiger charge is 2.23. The third kappa shape index (κ3) is 4.85. The van der Waals surface area contributed by atoms with Crippen LogP contribution in [-0.4, -0.2) is 41.8 Å². The summed E-state index contributed by atoms with van der Waals surface area (Å²) in [5.74, 6) is -1.86. The van der Waals surface area contributed by atoms with Crippen LogP contribution < -0.4 is 5.32 Å². The van der Waals surface area contributed by atoms with Crippen molar-refractivity contribution in [1.29, 1.82) is 0 Å². The second-order valence-corrected chi connectivity index (χ2v) is 6.10. The highest BCUT2D eigenvalue weighted by Crippen LogP contribution is 2.20. The van der Waals surface area contributed by atoms with Gasteiger partial charge in [-0.1, -0.05) is 0 Å². The van der Waals surface area contributed by atoms with E-state index in [9.17, 15) is 19.2 Å². The van der Waals surface area contributed by atoms with Crippen molar-refractivity contribution in [2.75, 3.05) is 18.5 Å². The minimum Gasteiger partial charge on any atom is -0.462 e. The molecule has 0 aliphatic carbocycles.